The van der Waals surface area contributed by atoms with Crippen molar-refractivity contribution in [2.45, 2.75) is 24.9 Å². The predicted molar refractivity (Wildman–Crippen MR) is 103 cm³/mol. The first-order valence-corrected chi connectivity index (χ1v) is 8.94. The van der Waals surface area contributed by atoms with Crippen molar-refractivity contribution >= 4 is 5.91 Å². The number of carbonyl (C=O) groups is 1. The molecule has 1 heterocycles. The molecule has 0 bridgehead atoms. The summed E-state index contributed by atoms with van der Waals surface area (Å²) in [5, 5.41) is 2.90. The zero-order valence-corrected chi connectivity index (χ0v) is 15.2. The molecule has 136 valence electrons. The van der Waals surface area contributed by atoms with Gasteiger partial charge in [0, 0.05) is 25.1 Å². The second-order valence-corrected chi connectivity index (χ2v) is 6.52. The summed E-state index contributed by atoms with van der Waals surface area (Å²) in [6.45, 7) is 4.73. The van der Waals surface area contributed by atoms with Crippen molar-refractivity contribution in [1.82, 2.24) is 5.32 Å². The van der Waals surface area contributed by atoms with Crippen LogP contribution in [0.15, 0.2) is 61.2 Å². The van der Waals surface area contributed by atoms with Crippen LogP contribution in [-0.2, 0) is 16.0 Å². The molecule has 0 aromatic heterocycles. The average Bonchev–Trinajstić information content (AvgIpc) is 3.16. The largest absolute Gasteiger partial charge is 0.496 e. The number of hydrogen-bond acceptors (Lipinski definition) is 3. The van der Waals surface area contributed by atoms with Crippen LogP contribution in [0, 0.1) is 0 Å². The average molecular weight is 351 g/mol. The summed E-state index contributed by atoms with van der Waals surface area (Å²) in [6.07, 6.45) is 3.87. The molecule has 1 saturated heterocycles. The van der Waals surface area contributed by atoms with Crippen LogP contribution in [0.1, 0.15) is 18.4 Å². The van der Waals surface area contributed by atoms with Gasteiger partial charge in [0.2, 0.25) is 0 Å². The molecule has 1 atom stereocenters. The zero-order chi connectivity index (χ0) is 18.4. The van der Waals surface area contributed by atoms with Crippen molar-refractivity contribution in [1.29, 1.82) is 0 Å². The van der Waals surface area contributed by atoms with Gasteiger partial charge in [-0.15, -0.1) is 6.58 Å². The highest BCUT2D eigenvalue weighted by Crippen LogP contribution is 2.33. The van der Waals surface area contributed by atoms with Gasteiger partial charge in [0.15, 0.2) is 5.60 Å². The molecule has 2 aromatic rings. The van der Waals surface area contributed by atoms with Crippen molar-refractivity contribution in [3.8, 4) is 16.9 Å². The van der Waals surface area contributed by atoms with E-state index in [1.807, 2.05) is 36.4 Å². The van der Waals surface area contributed by atoms with Gasteiger partial charge < -0.3 is 14.8 Å². The quantitative estimate of drug-likeness (QED) is 0.773. The fraction of sp³-hybridized carbons (Fsp3) is 0.318. The van der Waals surface area contributed by atoms with E-state index in [9.17, 15) is 4.79 Å². The van der Waals surface area contributed by atoms with Crippen molar-refractivity contribution < 1.29 is 14.3 Å². The van der Waals surface area contributed by atoms with Gasteiger partial charge in [0.1, 0.15) is 5.75 Å². The molecule has 1 aliphatic rings. The van der Waals surface area contributed by atoms with E-state index < -0.39 is 5.60 Å². The van der Waals surface area contributed by atoms with Gasteiger partial charge in [-0.25, -0.2) is 0 Å². The topological polar surface area (TPSA) is 47.6 Å². The third kappa shape index (κ3) is 3.81. The third-order valence-corrected chi connectivity index (χ3v) is 4.76. The number of carbonyl (C=O) groups excluding carboxylic acids is 1. The van der Waals surface area contributed by atoms with Crippen LogP contribution >= 0.6 is 0 Å². The number of methoxy groups -OCH3 is 1. The number of hydrogen-bond donors (Lipinski definition) is 1. The van der Waals surface area contributed by atoms with Crippen molar-refractivity contribution in [3.63, 3.8) is 0 Å². The molecule has 4 heteroatoms. The minimum absolute atomic E-state index is 0.0578. The first kappa shape index (κ1) is 18.2. The Kier molecular flexibility index (Phi) is 5.74. The maximum atomic E-state index is 12.7. The van der Waals surface area contributed by atoms with Crippen LogP contribution in [0.4, 0.5) is 0 Å². The summed E-state index contributed by atoms with van der Waals surface area (Å²) < 4.78 is 11.4. The molecule has 2 aromatic carbocycles. The molecule has 0 aliphatic carbocycles. The second kappa shape index (κ2) is 8.19. The Hall–Kier alpha value is -2.59. The van der Waals surface area contributed by atoms with Crippen LogP contribution in [0.2, 0.25) is 0 Å². The summed E-state index contributed by atoms with van der Waals surface area (Å²) in [4.78, 5) is 12.7. The van der Waals surface area contributed by atoms with E-state index in [2.05, 4.69) is 24.0 Å². The molecule has 0 saturated carbocycles. The maximum Gasteiger partial charge on any atom is 0.252 e. The Labute approximate surface area is 154 Å². The molecule has 1 N–H and O–H groups in total. The zero-order valence-electron chi connectivity index (χ0n) is 15.2. The lowest BCUT2D eigenvalue weighted by atomic mass is 9.89. The lowest BCUT2D eigenvalue weighted by molar-refractivity contribution is -0.141. The fourth-order valence-electron chi connectivity index (χ4n) is 3.48. The number of nitrogens with one attached hydrogen (secondary N) is 1. The van der Waals surface area contributed by atoms with E-state index >= 15 is 0 Å². The highest BCUT2D eigenvalue weighted by atomic mass is 16.5. The SMILES string of the molecule is C=CCNC(=O)C1(Cc2cccc(-c3ccccc3OC)c2)CCCO1. The van der Waals surface area contributed by atoms with Gasteiger partial charge in [0.25, 0.3) is 5.91 Å². The third-order valence-electron chi connectivity index (χ3n) is 4.76. The first-order valence-electron chi connectivity index (χ1n) is 8.94. The van der Waals surface area contributed by atoms with E-state index in [0.717, 1.165) is 35.3 Å². The van der Waals surface area contributed by atoms with E-state index in [1.54, 1.807) is 13.2 Å². The number of amides is 1. The first-order chi connectivity index (χ1) is 12.7. The summed E-state index contributed by atoms with van der Waals surface area (Å²) in [5.41, 5.74) is 2.39. The highest BCUT2D eigenvalue weighted by molar-refractivity contribution is 5.86. The number of ether oxygens (including phenoxy) is 2. The number of rotatable bonds is 7. The maximum absolute atomic E-state index is 12.7. The highest BCUT2D eigenvalue weighted by Gasteiger charge is 2.42. The Balaban J connectivity index is 1.87. The van der Waals surface area contributed by atoms with Gasteiger partial charge in [-0.3, -0.25) is 4.79 Å². The summed E-state index contributed by atoms with van der Waals surface area (Å²) >= 11 is 0. The Morgan fingerprint density at radius 2 is 2.15 bits per heavy atom. The Bertz CT molecular complexity index is 778. The van der Waals surface area contributed by atoms with E-state index in [-0.39, 0.29) is 5.91 Å². The molecular formula is C22H25NO3. The number of benzene rings is 2. The predicted octanol–water partition coefficient (Wildman–Crippen LogP) is 3.76. The van der Waals surface area contributed by atoms with Crippen LogP contribution in [0.25, 0.3) is 11.1 Å². The van der Waals surface area contributed by atoms with Gasteiger partial charge in [0.05, 0.1) is 7.11 Å². The Morgan fingerprint density at radius 1 is 1.31 bits per heavy atom. The minimum Gasteiger partial charge on any atom is -0.496 e. The van der Waals surface area contributed by atoms with E-state index in [0.29, 0.717) is 19.6 Å². The molecule has 4 nitrogen and oxygen atoms in total. The molecule has 0 spiro atoms. The number of para-hydroxylation sites is 1. The van der Waals surface area contributed by atoms with Crippen molar-refractivity contribution in [3.05, 3.63) is 66.7 Å². The van der Waals surface area contributed by atoms with Crippen LogP contribution in [0.5, 0.6) is 5.75 Å². The van der Waals surface area contributed by atoms with Gasteiger partial charge >= 0.3 is 0 Å². The van der Waals surface area contributed by atoms with E-state index in [1.165, 1.54) is 0 Å². The monoisotopic (exact) mass is 351 g/mol. The summed E-state index contributed by atoms with van der Waals surface area (Å²) in [7, 11) is 1.67. The molecule has 1 unspecified atom stereocenters. The van der Waals surface area contributed by atoms with Crippen molar-refractivity contribution in [2.75, 3.05) is 20.3 Å². The molecule has 26 heavy (non-hydrogen) atoms. The van der Waals surface area contributed by atoms with Crippen LogP contribution in [-0.4, -0.2) is 31.8 Å². The van der Waals surface area contributed by atoms with E-state index in [4.69, 9.17) is 9.47 Å². The second-order valence-electron chi connectivity index (χ2n) is 6.52. The summed E-state index contributed by atoms with van der Waals surface area (Å²) in [5.74, 6) is 0.776. The normalized spacial score (nSPS) is 19.1. The molecule has 1 aliphatic heterocycles. The van der Waals surface area contributed by atoms with Crippen LogP contribution < -0.4 is 10.1 Å². The van der Waals surface area contributed by atoms with Crippen molar-refractivity contribution in [2.24, 2.45) is 0 Å². The molecule has 1 amide bonds. The molecule has 1 fully saturated rings. The fourth-order valence-corrected chi connectivity index (χ4v) is 3.48. The van der Waals surface area contributed by atoms with Gasteiger partial charge in [-0.2, -0.15) is 0 Å². The Morgan fingerprint density at radius 3 is 2.88 bits per heavy atom. The van der Waals surface area contributed by atoms with Gasteiger partial charge in [-0.1, -0.05) is 48.5 Å². The molecule has 0 radical (unpaired) electrons. The molecule has 3 rings (SSSR count). The summed E-state index contributed by atoms with van der Waals surface area (Å²) in [6, 6.07) is 16.2. The minimum atomic E-state index is -0.789. The van der Waals surface area contributed by atoms with Gasteiger partial charge in [-0.05, 0) is 30.0 Å². The molecular weight excluding hydrogens is 326 g/mol. The smallest absolute Gasteiger partial charge is 0.252 e. The lowest BCUT2D eigenvalue weighted by Crippen LogP contribution is -2.48. The lowest BCUT2D eigenvalue weighted by Gasteiger charge is -2.27. The van der Waals surface area contributed by atoms with Crippen LogP contribution in [0.3, 0.4) is 0 Å². The standard InChI is InChI=1S/C22H25NO3/c1-3-13-23-21(24)22(12-7-14-26-22)16-17-8-6-9-18(15-17)19-10-4-5-11-20(19)25-2/h3-6,8-11,15H,1,7,12-14,16H2,2H3,(H,23,24).